The maximum Gasteiger partial charge on any atom is 0.323 e. The number of nitrogens with zero attached hydrogens (tertiary/aromatic N) is 1. The van der Waals surface area contributed by atoms with Gasteiger partial charge in [-0.25, -0.2) is 9.78 Å². The summed E-state index contributed by atoms with van der Waals surface area (Å²) in [5.74, 6) is 0.983. The molecular weight excluding hydrogens is 438 g/mol. The topological polar surface area (TPSA) is 80.3 Å². The number of hydrogen-bond acceptors (Lipinski definition) is 4. The lowest BCUT2D eigenvalue weighted by molar-refractivity contribution is 0.104. The molecule has 0 radical (unpaired) electrons. The fraction of sp³-hybridized carbons (Fsp3) is 0.138. The number of ether oxygens (including phenoxy) is 1. The van der Waals surface area contributed by atoms with Crippen LogP contribution in [-0.2, 0) is 5.41 Å². The molecule has 2 amide bonds. The van der Waals surface area contributed by atoms with E-state index < -0.39 is 6.03 Å². The molecule has 4 aromatic rings. The molecule has 6 heteroatoms. The summed E-state index contributed by atoms with van der Waals surface area (Å²) in [6.45, 7) is 6.34. The number of amides is 2. The molecular formula is C29H25N3O3. The van der Waals surface area contributed by atoms with Gasteiger partial charge in [-0.1, -0.05) is 63.2 Å². The molecule has 5 rings (SSSR count). The highest BCUT2D eigenvalue weighted by atomic mass is 16.5. The maximum absolute atomic E-state index is 12.9. The van der Waals surface area contributed by atoms with Gasteiger partial charge in [0.05, 0.1) is 0 Å². The highest BCUT2D eigenvalue weighted by molar-refractivity contribution is 6.22. The Kier molecular flexibility index (Phi) is 5.57. The van der Waals surface area contributed by atoms with E-state index in [-0.39, 0.29) is 11.2 Å². The van der Waals surface area contributed by atoms with Gasteiger partial charge in [0.15, 0.2) is 5.78 Å². The standard InChI is InChI=1S/C29H25N3O3/c1-29(2,3)23-11-6-7-13-25(23)35-27-24(12-8-16-30-27)32-28(34)31-18-14-15-21-22(17-18)19-9-4-5-10-20(19)26(21)33/h4-17H,1-3H3,(H2,31,32,34). The number of rotatable bonds is 4. The number of fused-ring (bicyclic) bond motifs is 3. The van der Waals surface area contributed by atoms with Crippen molar-refractivity contribution < 1.29 is 14.3 Å². The number of aromatic nitrogens is 1. The summed E-state index contributed by atoms with van der Waals surface area (Å²) in [4.78, 5) is 29.8. The third kappa shape index (κ3) is 4.38. The van der Waals surface area contributed by atoms with Gasteiger partial charge in [-0.05, 0) is 52.9 Å². The van der Waals surface area contributed by atoms with Gasteiger partial charge >= 0.3 is 6.03 Å². The monoisotopic (exact) mass is 463 g/mol. The van der Waals surface area contributed by atoms with Crippen LogP contribution in [0.4, 0.5) is 16.2 Å². The molecule has 1 aliphatic carbocycles. The third-order valence-corrected chi connectivity index (χ3v) is 5.90. The van der Waals surface area contributed by atoms with Crippen LogP contribution >= 0.6 is 0 Å². The second-order valence-electron chi connectivity index (χ2n) is 9.42. The van der Waals surface area contributed by atoms with Crippen molar-refractivity contribution in [3.8, 4) is 22.8 Å². The molecule has 35 heavy (non-hydrogen) atoms. The molecule has 0 atom stereocenters. The van der Waals surface area contributed by atoms with E-state index in [4.69, 9.17) is 4.74 Å². The SMILES string of the molecule is CC(C)(C)c1ccccc1Oc1ncccc1NC(=O)Nc1ccc2c(c1)-c1ccccc1C2=O. The Balaban J connectivity index is 1.36. The number of carbonyl (C=O) groups is 2. The van der Waals surface area contributed by atoms with E-state index in [1.807, 2.05) is 54.6 Å². The van der Waals surface area contributed by atoms with Crippen molar-refractivity contribution in [3.63, 3.8) is 0 Å². The number of anilines is 2. The van der Waals surface area contributed by atoms with Crippen LogP contribution in [0.3, 0.4) is 0 Å². The first-order chi connectivity index (χ1) is 16.8. The number of nitrogens with one attached hydrogen (secondary N) is 2. The predicted molar refractivity (Wildman–Crippen MR) is 137 cm³/mol. The van der Waals surface area contributed by atoms with Crippen LogP contribution in [0.15, 0.2) is 85.1 Å². The van der Waals surface area contributed by atoms with Crippen LogP contribution in [0.1, 0.15) is 42.3 Å². The van der Waals surface area contributed by atoms with Crippen LogP contribution in [0.5, 0.6) is 11.6 Å². The van der Waals surface area contributed by atoms with Crippen molar-refractivity contribution in [1.29, 1.82) is 0 Å². The van der Waals surface area contributed by atoms with Gasteiger partial charge in [0.1, 0.15) is 11.4 Å². The van der Waals surface area contributed by atoms with Crippen molar-refractivity contribution >= 4 is 23.2 Å². The van der Waals surface area contributed by atoms with Crippen molar-refractivity contribution in [2.45, 2.75) is 26.2 Å². The molecule has 174 valence electrons. The minimum atomic E-state index is -0.440. The van der Waals surface area contributed by atoms with E-state index >= 15 is 0 Å². The zero-order chi connectivity index (χ0) is 24.6. The Labute approximate surface area is 204 Å². The Morgan fingerprint density at radius 3 is 2.31 bits per heavy atom. The summed E-state index contributed by atoms with van der Waals surface area (Å²) < 4.78 is 6.14. The van der Waals surface area contributed by atoms with Gasteiger partial charge in [0, 0.05) is 28.6 Å². The molecule has 0 unspecified atom stereocenters. The van der Waals surface area contributed by atoms with Crippen molar-refractivity contribution in [3.05, 3.63) is 102 Å². The highest BCUT2D eigenvalue weighted by Crippen LogP contribution is 2.38. The molecule has 0 aliphatic heterocycles. The highest BCUT2D eigenvalue weighted by Gasteiger charge is 2.26. The second-order valence-corrected chi connectivity index (χ2v) is 9.42. The van der Waals surface area contributed by atoms with E-state index in [1.54, 1.807) is 30.5 Å². The van der Waals surface area contributed by atoms with E-state index in [0.717, 1.165) is 16.7 Å². The van der Waals surface area contributed by atoms with Crippen LogP contribution in [0.25, 0.3) is 11.1 Å². The van der Waals surface area contributed by atoms with Gasteiger partial charge in [0.2, 0.25) is 5.88 Å². The summed E-state index contributed by atoms with van der Waals surface area (Å²) in [6.07, 6.45) is 1.62. The van der Waals surface area contributed by atoms with Gasteiger partial charge < -0.3 is 15.4 Å². The molecule has 1 heterocycles. The summed E-state index contributed by atoms with van der Waals surface area (Å²) in [7, 11) is 0. The predicted octanol–water partition coefficient (Wildman–Crippen LogP) is 7.03. The molecule has 3 aromatic carbocycles. The number of urea groups is 1. The second kappa shape index (κ2) is 8.72. The molecule has 0 fully saturated rings. The Hall–Kier alpha value is -4.45. The number of pyridine rings is 1. The zero-order valence-corrected chi connectivity index (χ0v) is 19.8. The summed E-state index contributed by atoms with van der Waals surface area (Å²) >= 11 is 0. The molecule has 1 aliphatic rings. The lowest BCUT2D eigenvalue weighted by atomic mass is 9.86. The van der Waals surface area contributed by atoms with Crippen LogP contribution in [-0.4, -0.2) is 16.8 Å². The fourth-order valence-corrected chi connectivity index (χ4v) is 4.24. The van der Waals surface area contributed by atoms with Crippen LogP contribution < -0.4 is 15.4 Å². The summed E-state index contributed by atoms with van der Waals surface area (Å²) in [5.41, 5.74) is 4.93. The third-order valence-electron chi connectivity index (χ3n) is 5.90. The van der Waals surface area contributed by atoms with E-state index in [2.05, 4.69) is 36.4 Å². The average Bonchev–Trinajstić information content (AvgIpc) is 3.12. The largest absolute Gasteiger partial charge is 0.437 e. The first-order valence-corrected chi connectivity index (χ1v) is 11.4. The number of benzene rings is 3. The first-order valence-electron chi connectivity index (χ1n) is 11.4. The molecule has 0 saturated carbocycles. The van der Waals surface area contributed by atoms with Crippen LogP contribution in [0, 0.1) is 0 Å². The first kappa shape index (κ1) is 22.3. The van der Waals surface area contributed by atoms with E-state index in [9.17, 15) is 9.59 Å². The fourth-order valence-electron chi connectivity index (χ4n) is 4.24. The summed E-state index contributed by atoms with van der Waals surface area (Å²) in [5, 5.41) is 5.68. The molecule has 0 spiro atoms. The van der Waals surface area contributed by atoms with E-state index in [0.29, 0.717) is 34.1 Å². The molecule has 0 saturated heterocycles. The molecule has 1 aromatic heterocycles. The number of carbonyl (C=O) groups excluding carboxylic acids is 2. The molecule has 2 N–H and O–H groups in total. The minimum absolute atomic E-state index is 0.000657. The van der Waals surface area contributed by atoms with Crippen LogP contribution in [0.2, 0.25) is 0 Å². The molecule has 6 nitrogen and oxygen atoms in total. The van der Waals surface area contributed by atoms with Gasteiger partial charge in [0.25, 0.3) is 0 Å². The average molecular weight is 464 g/mol. The summed E-state index contributed by atoms with van der Waals surface area (Å²) in [6, 6.07) is 23.6. The van der Waals surface area contributed by atoms with Gasteiger partial charge in [-0.3, -0.25) is 4.79 Å². The smallest absolute Gasteiger partial charge is 0.323 e. The van der Waals surface area contributed by atoms with Crippen molar-refractivity contribution in [1.82, 2.24) is 4.98 Å². The number of hydrogen-bond donors (Lipinski definition) is 2. The lowest BCUT2D eigenvalue weighted by Gasteiger charge is -2.22. The maximum atomic E-state index is 12.9. The van der Waals surface area contributed by atoms with Crippen molar-refractivity contribution in [2.75, 3.05) is 10.6 Å². The Bertz CT molecular complexity index is 1450. The number of ketones is 1. The van der Waals surface area contributed by atoms with Gasteiger partial charge in [-0.2, -0.15) is 0 Å². The number of para-hydroxylation sites is 1. The normalized spacial score (nSPS) is 12.0. The Morgan fingerprint density at radius 2 is 1.51 bits per heavy atom. The van der Waals surface area contributed by atoms with E-state index in [1.165, 1.54) is 0 Å². The Morgan fingerprint density at radius 1 is 0.800 bits per heavy atom. The minimum Gasteiger partial charge on any atom is -0.437 e. The van der Waals surface area contributed by atoms with Gasteiger partial charge in [-0.15, -0.1) is 0 Å². The lowest BCUT2D eigenvalue weighted by Crippen LogP contribution is -2.20. The zero-order valence-electron chi connectivity index (χ0n) is 19.8. The van der Waals surface area contributed by atoms with Crippen molar-refractivity contribution in [2.24, 2.45) is 0 Å². The quantitative estimate of drug-likeness (QED) is 0.300. The molecule has 0 bridgehead atoms.